The van der Waals surface area contributed by atoms with Crippen molar-refractivity contribution in [3.63, 3.8) is 0 Å². The van der Waals surface area contributed by atoms with Gasteiger partial charge in [-0.2, -0.15) is 0 Å². The number of rotatable bonds is 5. The molecule has 0 spiro atoms. The zero-order chi connectivity index (χ0) is 22.9. The quantitative estimate of drug-likeness (QED) is 0.356. The van der Waals surface area contributed by atoms with Crippen LogP contribution in [0.1, 0.15) is 27.7 Å². The number of hydrogen-bond acceptors (Lipinski definition) is 9. The number of fused-ring (bicyclic) bond motifs is 1. The van der Waals surface area contributed by atoms with Gasteiger partial charge < -0.3 is 28.8 Å². The SMILES string of the molecule is CC(=O)Oc1c(-c2ccc(O)c(O)c2)oc2cc(OC(C)C)cc(OC(C)=O)c2c1=O. The Kier molecular flexibility index (Phi) is 5.87. The van der Waals surface area contributed by atoms with E-state index in [1.54, 1.807) is 13.8 Å². The van der Waals surface area contributed by atoms with Crippen molar-refractivity contribution in [3.8, 4) is 40.1 Å². The first-order valence-corrected chi connectivity index (χ1v) is 9.27. The molecule has 1 heterocycles. The Balaban J connectivity index is 2.39. The van der Waals surface area contributed by atoms with Gasteiger partial charge in [-0.15, -0.1) is 0 Å². The van der Waals surface area contributed by atoms with E-state index in [9.17, 15) is 24.6 Å². The summed E-state index contributed by atoms with van der Waals surface area (Å²) in [6, 6.07) is 6.51. The van der Waals surface area contributed by atoms with Gasteiger partial charge in [-0.05, 0) is 32.0 Å². The molecule has 9 heteroatoms. The van der Waals surface area contributed by atoms with E-state index in [1.807, 2.05) is 0 Å². The number of benzene rings is 2. The van der Waals surface area contributed by atoms with Crippen molar-refractivity contribution in [1.29, 1.82) is 0 Å². The monoisotopic (exact) mass is 428 g/mol. The minimum absolute atomic E-state index is 0.00198. The Hall–Kier alpha value is -4.01. The topological polar surface area (TPSA) is 132 Å². The smallest absolute Gasteiger partial charge is 0.308 e. The molecule has 0 bridgehead atoms. The normalized spacial score (nSPS) is 10.9. The summed E-state index contributed by atoms with van der Waals surface area (Å²) in [6.07, 6.45) is -0.219. The van der Waals surface area contributed by atoms with Crippen molar-refractivity contribution in [2.75, 3.05) is 0 Å². The maximum atomic E-state index is 13.3. The van der Waals surface area contributed by atoms with Crippen molar-refractivity contribution in [2.24, 2.45) is 0 Å². The number of aromatic hydroxyl groups is 2. The van der Waals surface area contributed by atoms with Crippen LogP contribution in [-0.4, -0.2) is 28.3 Å². The van der Waals surface area contributed by atoms with E-state index < -0.39 is 28.9 Å². The van der Waals surface area contributed by atoms with Crippen LogP contribution in [0.3, 0.4) is 0 Å². The van der Waals surface area contributed by atoms with E-state index in [1.165, 1.54) is 31.2 Å². The van der Waals surface area contributed by atoms with Crippen molar-refractivity contribution in [1.82, 2.24) is 0 Å². The molecule has 0 aliphatic carbocycles. The van der Waals surface area contributed by atoms with Gasteiger partial charge in [0.25, 0.3) is 0 Å². The summed E-state index contributed by atoms with van der Waals surface area (Å²) in [5.74, 6) is -2.79. The molecule has 0 unspecified atom stereocenters. The first kappa shape index (κ1) is 21.7. The van der Waals surface area contributed by atoms with Crippen LogP contribution in [0.5, 0.6) is 28.7 Å². The second-order valence-electron chi connectivity index (χ2n) is 6.94. The van der Waals surface area contributed by atoms with Gasteiger partial charge in [-0.1, -0.05) is 0 Å². The van der Waals surface area contributed by atoms with Crippen LogP contribution in [0.2, 0.25) is 0 Å². The van der Waals surface area contributed by atoms with Crippen molar-refractivity contribution < 1.29 is 38.4 Å². The Morgan fingerprint density at radius 1 is 0.968 bits per heavy atom. The molecule has 2 N–H and O–H groups in total. The van der Waals surface area contributed by atoms with Crippen molar-refractivity contribution in [2.45, 2.75) is 33.8 Å². The largest absolute Gasteiger partial charge is 0.504 e. The van der Waals surface area contributed by atoms with Crippen LogP contribution in [0.25, 0.3) is 22.3 Å². The highest BCUT2D eigenvalue weighted by atomic mass is 16.5. The molecule has 0 atom stereocenters. The molecular formula is C22H20O9. The third-order valence-electron chi connectivity index (χ3n) is 4.00. The van der Waals surface area contributed by atoms with E-state index in [4.69, 9.17) is 18.6 Å². The first-order valence-electron chi connectivity index (χ1n) is 9.27. The zero-order valence-corrected chi connectivity index (χ0v) is 17.2. The van der Waals surface area contributed by atoms with Crippen molar-refractivity contribution in [3.05, 3.63) is 40.6 Å². The lowest BCUT2D eigenvalue weighted by Crippen LogP contribution is -2.15. The van der Waals surface area contributed by atoms with Crippen LogP contribution in [0.4, 0.5) is 0 Å². The maximum absolute atomic E-state index is 13.3. The highest BCUT2D eigenvalue weighted by Gasteiger charge is 2.24. The molecule has 2 aromatic carbocycles. The molecule has 3 rings (SSSR count). The van der Waals surface area contributed by atoms with Crippen LogP contribution >= 0.6 is 0 Å². The number of carbonyl (C=O) groups is 2. The summed E-state index contributed by atoms with van der Waals surface area (Å²) < 4.78 is 21.8. The number of phenols is 2. The van der Waals surface area contributed by atoms with Gasteiger partial charge in [0.05, 0.1) is 6.10 Å². The highest BCUT2D eigenvalue weighted by molar-refractivity contribution is 5.91. The molecule has 162 valence electrons. The molecule has 0 saturated carbocycles. The number of esters is 2. The van der Waals surface area contributed by atoms with Gasteiger partial charge in [0.15, 0.2) is 17.3 Å². The number of carbonyl (C=O) groups excluding carboxylic acids is 2. The van der Waals surface area contributed by atoms with E-state index in [2.05, 4.69) is 0 Å². The summed E-state index contributed by atoms with van der Waals surface area (Å²) in [4.78, 5) is 36.5. The van der Waals surface area contributed by atoms with Crippen LogP contribution < -0.4 is 19.6 Å². The Labute approximate surface area is 176 Å². The molecule has 31 heavy (non-hydrogen) atoms. The molecule has 0 radical (unpaired) electrons. The lowest BCUT2D eigenvalue weighted by atomic mass is 10.1. The molecular weight excluding hydrogens is 408 g/mol. The van der Waals surface area contributed by atoms with E-state index in [0.717, 1.165) is 13.0 Å². The minimum Gasteiger partial charge on any atom is -0.504 e. The first-order chi connectivity index (χ1) is 14.6. The molecule has 0 saturated heterocycles. The second kappa shape index (κ2) is 8.39. The predicted molar refractivity (Wildman–Crippen MR) is 110 cm³/mol. The fourth-order valence-corrected chi connectivity index (χ4v) is 2.91. The number of hydrogen-bond donors (Lipinski definition) is 2. The fraction of sp³-hybridized carbons (Fsp3) is 0.227. The highest BCUT2D eigenvalue weighted by Crippen LogP contribution is 2.39. The molecule has 0 aliphatic rings. The lowest BCUT2D eigenvalue weighted by molar-refractivity contribution is -0.133. The van der Waals surface area contributed by atoms with Crippen LogP contribution in [0.15, 0.2) is 39.5 Å². The third-order valence-corrected chi connectivity index (χ3v) is 4.00. The summed E-state index contributed by atoms with van der Waals surface area (Å²) in [5.41, 5.74) is -0.612. The predicted octanol–water partition coefficient (Wildman–Crippen LogP) is 3.51. The third kappa shape index (κ3) is 4.61. The Bertz CT molecular complexity index is 1240. The molecule has 9 nitrogen and oxygen atoms in total. The van der Waals surface area contributed by atoms with Gasteiger partial charge in [0, 0.05) is 31.5 Å². The Morgan fingerprint density at radius 3 is 2.23 bits per heavy atom. The van der Waals surface area contributed by atoms with Gasteiger partial charge in [-0.25, -0.2) is 0 Å². The summed E-state index contributed by atoms with van der Waals surface area (Å²) in [5, 5.41) is 19.3. The second-order valence-corrected chi connectivity index (χ2v) is 6.94. The summed E-state index contributed by atoms with van der Waals surface area (Å²) in [7, 11) is 0. The Morgan fingerprint density at radius 2 is 1.65 bits per heavy atom. The molecule has 0 fully saturated rings. The average Bonchev–Trinajstić information content (AvgIpc) is 2.64. The number of ether oxygens (including phenoxy) is 3. The van der Waals surface area contributed by atoms with E-state index >= 15 is 0 Å². The standard InChI is InChI=1S/C22H20O9/c1-10(2)28-14-8-17(29-11(3)23)19-18(9-14)31-21(22(20(19)27)30-12(4)24)13-5-6-15(25)16(26)7-13/h5-10,25-26H,1-4H3. The zero-order valence-electron chi connectivity index (χ0n) is 17.2. The minimum atomic E-state index is -0.787. The van der Waals surface area contributed by atoms with Gasteiger partial charge in [0.2, 0.25) is 11.2 Å². The van der Waals surface area contributed by atoms with E-state index in [-0.39, 0.29) is 45.6 Å². The molecule has 3 aromatic rings. The fourth-order valence-electron chi connectivity index (χ4n) is 2.91. The van der Waals surface area contributed by atoms with E-state index in [0.29, 0.717) is 0 Å². The number of phenolic OH excluding ortho intramolecular Hbond substituents is 2. The van der Waals surface area contributed by atoms with Crippen molar-refractivity contribution >= 4 is 22.9 Å². The average molecular weight is 428 g/mol. The van der Waals surface area contributed by atoms with Gasteiger partial charge in [0.1, 0.15) is 22.5 Å². The summed E-state index contributed by atoms with van der Waals surface area (Å²) >= 11 is 0. The van der Waals surface area contributed by atoms with Gasteiger partial charge >= 0.3 is 11.9 Å². The van der Waals surface area contributed by atoms with Gasteiger partial charge in [-0.3, -0.25) is 14.4 Å². The summed E-state index contributed by atoms with van der Waals surface area (Å²) in [6.45, 7) is 5.86. The maximum Gasteiger partial charge on any atom is 0.308 e. The molecule has 1 aromatic heterocycles. The lowest BCUT2D eigenvalue weighted by Gasteiger charge is -2.15. The van der Waals surface area contributed by atoms with Crippen LogP contribution in [0, 0.1) is 0 Å². The van der Waals surface area contributed by atoms with Crippen LogP contribution in [-0.2, 0) is 9.59 Å². The molecule has 0 aliphatic heterocycles. The molecule has 0 amide bonds.